The van der Waals surface area contributed by atoms with Gasteiger partial charge in [0, 0.05) is 27.7 Å². The number of Topliss-reactive ketones (excluding diaryl/α,β-unsaturated/α-hetero) is 1. The summed E-state index contributed by atoms with van der Waals surface area (Å²) >= 11 is 17.9. The summed E-state index contributed by atoms with van der Waals surface area (Å²) in [6.45, 7) is 0. The van der Waals surface area contributed by atoms with E-state index in [9.17, 15) is 22.8 Å². The van der Waals surface area contributed by atoms with Gasteiger partial charge in [-0.25, -0.2) is 13.2 Å². The Morgan fingerprint density at radius 3 is 2.18 bits per heavy atom. The normalized spacial score (nSPS) is 18.6. The fraction of sp³-hybridized carbons (Fsp3) is 0.167. The number of nitrogens with one attached hydrogen (secondary N) is 1. The van der Waals surface area contributed by atoms with Crippen LogP contribution in [0.5, 0.6) is 0 Å². The predicted octanol–water partition coefficient (Wildman–Crippen LogP) is 7.20. The molecule has 1 aliphatic carbocycles. The number of halogens is 6. The molecule has 2 atom stereocenters. The van der Waals surface area contributed by atoms with E-state index in [4.69, 9.17) is 34.8 Å². The van der Waals surface area contributed by atoms with Gasteiger partial charge in [-0.3, -0.25) is 9.59 Å². The summed E-state index contributed by atoms with van der Waals surface area (Å²) in [6, 6.07) is 13.7. The van der Waals surface area contributed by atoms with Crippen LogP contribution in [0.1, 0.15) is 27.4 Å². The molecule has 0 bridgehead atoms. The van der Waals surface area contributed by atoms with Crippen molar-refractivity contribution in [2.24, 2.45) is 5.92 Å². The molecule has 0 radical (unpaired) electrons. The van der Waals surface area contributed by atoms with E-state index in [0.717, 1.165) is 0 Å². The molecule has 1 aliphatic rings. The lowest BCUT2D eigenvalue weighted by atomic mass is 10.0. The van der Waals surface area contributed by atoms with Crippen LogP contribution >= 0.6 is 34.8 Å². The smallest absolute Gasteiger partial charge is 0.268 e. The largest absolute Gasteiger partial charge is 0.326 e. The molecule has 1 N–H and O–H groups in total. The number of anilines is 1. The molecule has 1 fully saturated rings. The van der Waals surface area contributed by atoms with E-state index in [2.05, 4.69) is 5.32 Å². The number of alkyl halides is 2. The fourth-order valence-electron chi connectivity index (χ4n) is 3.74. The molecule has 2 unspecified atom stereocenters. The average molecular weight is 513 g/mol. The van der Waals surface area contributed by atoms with E-state index in [1.54, 1.807) is 0 Å². The number of ketones is 1. The van der Waals surface area contributed by atoms with Crippen LogP contribution in [-0.4, -0.2) is 17.6 Å². The highest BCUT2D eigenvalue weighted by Crippen LogP contribution is 2.62. The van der Waals surface area contributed by atoms with Crippen LogP contribution in [0, 0.1) is 11.7 Å². The van der Waals surface area contributed by atoms with Crippen LogP contribution in [0.4, 0.5) is 18.9 Å². The highest BCUT2D eigenvalue weighted by molar-refractivity contribution is 6.35. The van der Waals surface area contributed by atoms with Gasteiger partial charge in [-0.2, -0.15) is 0 Å². The van der Waals surface area contributed by atoms with Gasteiger partial charge < -0.3 is 5.32 Å². The third kappa shape index (κ3) is 5.03. The standard InChI is InChI=1S/C24H15Cl3F3NO2/c25-14-8-13(9-15(26)10-14)21-22(24(21,29)30)23(33)31-17-5-6-19(27)18(11-17)20(32)7-12-1-3-16(28)4-2-12/h1-6,8-11,21-22H,7H2,(H,31,33). The van der Waals surface area contributed by atoms with Crippen molar-refractivity contribution in [2.45, 2.75) is 18.3 Å². The Labute approximate surface area is 202 Å². The average Bonchev–Trinajstić information content (AvgIpc) is 3.32. The molecule has 3 nitrogen and oxygen atoms in total. The molecule has 1 saturated carbocycles. The maximum atomic E-state index is 14.5. The Kier molecular flexibility index (Phi) is 6.45. The van der Waals surface area contributed by atoms with Crippen molar-refractivity contribution in [3.63, 3.8) is 0 Å². The van der Waals surface area contributed by atoms with Crippen LogP contribution in [0.15, 0.2) is 60.7 Å². The van der Waals surface area contributed by atoms with Gasteiger partial charge in [-0.1, -0.05) is 46.9 Å². The number of benzene rings is 3. The van der Waals surface area contributed by atoms with Crippen LogP contribution < -0.4 is 5.32 Å². The predicted molar refractivity (Wildman–Crippen MR) is 122 cm³/mol. The lowest BCUT2D eigenvalue weighted by Crippen LogP contribution is -2.18. The fourth-order valence-corrected chi connectivity index (χ4v) is 4.51. The van der Waals surface area contributed by atoms with Gasteiger partial charge in [0.15, 0.2) is 5.78 Å². The molecule has 0 aromatic heterocycles. The van der Waals surface area contributed by atoms with Gasteiger partial charge in [0.25, 0.3) is 5.92 Å². The van der Waals surface area contributed by atoms with Gasteiger partial charge in [0.05, 0.1) is 10.9 Å². The van der Waals surface area contributed by atoms with Crippen molar-refractivity contribution >= 4 is 52.2 Å². The maximum Gasteiger partial charge on any atom is 0.268 e. The first kappa shape index (κ1) is 23.6. The summed E-state index contributed by atoms with van der Waals surface area (Å²) in [4.78, 5) is 25.3. The third-order valence-corrected chi connectivity index (χ3v) is 6.16. The van der Waals surface area contributed by atoms with Crippen molar-refractivity contribution in [3.8, 4) is 0 Å². The first-order chi connectivity index (χ1) is 15.6. The van der Waals surface area contributed by atoms with E-state index >= 15 is 0 Å². The van der Waals surface area contributed by atoms with Crippen molar-refractivity contribution in [1.82, 2.24) is 0 Å². The van der Waals surface area contributed by atoms with E-state index in [1.165, 1.54) is 60.7 Å². The Morgan fingerprint density at radius 1 is 0.909 bits per heavy atom. The maximum absolute atomic E-state index is 14.5. The second kappa shape index (κ2) is 9.01. The number of carbonyl (C=O) groups excluding carboxylic acids is 2. The topological polar surface area (TPSA) is 46.2 Å². The Hall–Kier alpha value is -2.54. The molecular formula is C24H15Cl3F3NO2. The van der Waals surface area contributed by atoms with Crippen molar-refractivity contribution in [2.75, 3.05) is 5.32 Å². The van der Waals surface area contributed by atoms with Crippen molar-refractivity contribution < 1.29 is 22.8 Å². The zero-order valence-corrected chi connectivity index (χ0v) is 19.0. The Bertz CT molecular complexity index is 1230. The monoisotopic (exact) mass is 511 g/mol. The first-order valence-corrected chi connectivity index (χ1v) is 10.9. The number of rotatable bonds is 6. The van der Waals surface area contributed by atoms with Crippen molar-refractivity contribution in [3.05, 3.63) is 98.2 Å². The van der Waals surface area contributed by atoms with Gasteiger partial charge >= 0.3 is 0 Å². The third-order valence-electron chi connectivity index (χ3n) is 5.39. The van der Waals surface area contributed by atoms with Crippen LogP contribution in [0.25, 0.3) is 0 Å². The summed E-state index contributed by atoms with van der Waals surface area (Å²) in [5.41, 5.74) is 1.01. The Balaban J connectivity index is 1.50. The molecule has 0 aliphatic heterocycles. The summed E-state index contributed by atoms with van der Waals surface area (Å²) in [5, 5.41) is 2.97. The summed E-state index contributed by atoms with van der Waals surface area (Å²) in [7, 11) is 0. The minimum Gasteiger partial charge on any atom is -0.326 e. The quantitative estimate of drug-likeness (QED) is 0.355. The molecule has 1 amide bonds. The SMILES string of the molecule is O=C(Cc1ccc(F)cc1)c1cc(NC(=O)C2C(c3cc(Cl)cc(Cl)c3)C2(F)F)ccc1Cl. The molecule has 3 aromatic carbocycles. The molecule has 0 spiro atoms. The number of amides is 1. The Morgan fingerprint density at radius 2 is 1.55 bits per heavy atom. The van der Waals surface area contributed by atoms with E-state index < -0.39 is 29.5 Å². The molecule has 170 valence electrons. The summed E-state index contributed by atoms with van der Waals surface area (Å²) < 4.78 is 42.0. The van der Waals surface area contributed by atoms with Gasteiger partial charge in [-0.15, -0.1) is 0 Å². The molecule has 0 saturated heterocycles. The number of hydrogen-bond acceptors (Lipinski definition) is 2. The zero-order valence-electron chi connectivity index (χ0n) is 16.7. The first-order valence-electron chi connectivity index (χ1n) is 9.78. The van der Waals surface area contributed by atoms with Gasteiger partial charge in [0.2, 0.25) is 5.91 Å². The highest BCUT2D eigenvalue weighted by Gasteiger charge is 2.72. The molecular weight excluding hydrogens is 498 g/mol. The lowest BCUT2D eigenvalue weighted by Gasteiger charge is -2.09. The second-order valence-electron chi connectivity index (χ2n) is 7.74. The lowest BCUT2D eigenvalue weighted by molar-refractivity contribution is -0.119. The van der Waals surface area contributed by atoms with Crippen LogP contribution in [-0.2, 0) is 11.2 Å². The highest BCUT2D eigenvalue weighted by atomic mass is 35.5. The second-order valence-corrected chi connectivity index (χ2v) is 9.02. The summed E-state index contributed by atoms with van der Waals surface area (Å²) in [5.74, 6) is -7.94. The minimum absolute atomic E-state index is 0.0459. The van der Waals surface area contributed by atoms with Gasteiger partial charge in [0.1, 0.15) is 11.7 Å². The number of hydrogen-bond donors (Lipinski definition) is 1. The molecule has 0 heterocycles. The summed E-state index contributed by atoms with van der Waals surface area (Å²) in [6.07, 6.45) is -0.0459. The zero-order chi connectivity index (χ0) is 23.9. The number of carbonyl (C=O) groups is 2. The van der Waals surface area contributed by atoms with Gasteiger partial charge in [-0.05, 0) is 59.7 Å². The molecule has 9 heteroatoms. The van der Waals surface area contributed by atoms with E-state index in [0.29, 0.717) is 5.56 Å². The van der Waals surface area contributed by atoms with E-state index in [-0.39, 0.29) is 44.1 Å². The molecule has 4 rings (SSSR count). The van der Waals surface area contributed by atoms with Crippen LogP contribution in [0.2, 0.25) is 15.1 Å². The minimum atomic E-state index is -3.27. The van der Waals surface area contributed by atoms with Crippen LogP contribution in [0.3, 0.4) is 0 Å². The van der Waals surface area contributed by atoms with Crippen molar-refractivity contribution in [1.29, 1.82) is 0 Å². The van der Waals surface area contributed by atoms with E-state index in [1.807, 2.05) is 0 Å². The molecule has 3 aromatic rings. The molecule has 33 heavy (non-hydrogen) atoms.